The number of piperidine rings is 1. The molecule has 1 N–H and O–H groups in total. The molecule has 1 aromatic heterocycles. The number of carbonyl (C=O) groups excluding carboxylic acids is 1. The third-order valence-electron chi connectivity index (χ3n) is 7.07. The molecule has 0 spiro atoms. The van der Waals surface area contributed by atoms with Crippen LogP contribution in [-0.4, -0.2) is 76.0 Å². The van der Waals surface area contributed by atoms with Crippen molar-refractivity contribution < 1.29 is 14.6 Å². The van der Waals surface area contributed by atoms with E-state index in [1.165, 1.54) is 5.56 Å². The molecule has 2 fully saturated rings. The van der Waals surface area contributed by atoms with Crippen molar-refractivity contribution in [3.63, 3.8) is 0 Å². The number of amides is 1. The zero-order valence-corrected chi connectivity index (χ0v) is 18.9. The highest BCUT2D eigenvalue weighted by molar-refractivity contribution is 5.76. The van der Waals surface area contributed by atoms with Crippen LogP contribution in [-0.2, 0) is 28.6 Å². The SMILES string of the molecule is Cc1nn(C)c(C)c1CCC(=O)N1CC[C@](O)(c2ccccc2)[C@H](N2CCOCC2)C1. The van der Waals surface area contributed by atoms with Gasteiger partial charge >= 0.3 is 0 Å². The number of hydrogen-bond donors (Lipinski definition) is 1. The van der Waals surface area contributed by atoms with Crippen molar-refractivity contribution in [1.82, 2.24) is 19.6 Å². The van der Waals surface area contributed by atoms with Crippen LogP contribution in [0.2, 0.25) is 0 Å². The summed E-state index contributed by atoms with van der Waals surface area (Å²) >= 11 is 0. The van der Waals surface area contributed by atoms with E-state index in [0.29, 0.717) is 45.6 Å². The Morgan fingerprint density at radius 1 is 1.19 bits per heavy atom. The molecular formula is C24H34N4O3. The van der Waals surface area contributed by atoms with Gasteiger partial charge in [0.15, 0.2) is 0 Å². The first-order valence-electron chi connectivity index (χ1n) is 11.3. The maximum Gasteiger partial charge on any atom is 0.222 e. The van der Waals surface area contributed by atoms with E-state index in [0.717, 1.165) is 30.0 Å². The topological polar surface area (TPSA) is 70.8 Å². The highest BCUT2D eigenvalue weighted by atomic mass is 16.5. The molecule has 1 aromatic carbocycles. The number of morpholine rings is 1. The van der Waals surface area contributed by atoms with Crippen LogP contribution in [0.3, 0.4) is 0 Å². The summed E-state index contributed by atoms with van der Waals surface area (Å²) in [6.45, 7) is 8.03. The van der Waals surface area contributed by atoms with Crippen molar-refractivity contribution in [1.29, 1.82) is 0 Å². The smallest absolute Gasteiger partial charge is 0.222 e. The molecule has 0 unspecified atom stereocenters. The van der Waals surface area contributed by atoms with Crippen LogP contribution in [0, 0.1) is 13.8 Å². The van der Waals surface area contributed by atoms with Crippen molar-refractivity contribution in [2.75, 3.05) is 39.4 Å². The van der Waals surface area contributed by atoms with Gasteiger partial charge in [-0.05, 0) is 37.8 Å². The molecule has 7 heteroatoms. The van der Waals surface area contributed by atoms with Crippen LogP contribution in [0.25, 0.3) is 0 Å². The monoisotopic (exact) mass is 426 g/mol. The zero-order chi connectivity index (χ0) is 22.0. The number of benzene rings is 1. The molecule has 2 aliphatic heterocycles. The number of nitrogens with zero attached hydrogens (tertiary/aromatic N) is 4. The van der Waals surface area contributed by atoms with Gasteiger partial charge in [0.1, 0.15) is 5.60 Å². The molecule has 7 nitrogen and oxygen atoms in total. The van der Waals surface area contributed by atoms with Crippen molar-refractivity contribution in [3.8, 4) is 0 Å². The number of aliphatic hydroxyl groups is 1. The van der Waals surface area contributed by atoms with E-state index in [4.69, 9.17) is 4.74 Å². The number of likely N-dealkylation sites (tertiary alicyclic amines) is 1. The molecule has 2 saturated heterocycles. The lowest BCUT2D eigenvalue weighted by atomic mass is 9.79. The predicted octanol–water partition coefficient (Wildman–Crippen LogP) is 1.79. The minimum absolute atomic E-state index is 0.140. The zero-order valence-electron chi connectivity index (χ0n) is 18.9. The summed E-state index contributed by atoms with van der Waals surface area (Å²) in [5.41, 5.74) is 3.24. The highest BCUT2D eigenvalue weighted by Gasteiger charge is 2.46. The molecule has 1 amide bonds. The molecule has 2 atom stereocenters. The van der Waals surface area contributed by atoms with E-state index in [9.17, 15) is 9.90 Å². The lowest BCUT2D eigenvalue weighted by Gasteiger charge is -2.50. The molecule has 0 saturated carbocycles. The van der Waals surface area contributed by atoms with Gasteiger partial charge in [-0.1, -0.05) is 30.3 Å². The van der Waals surface area contributed by atoms with E-state index in [1.54, 1.807) is 0 Å². The molecule has 3 heterocycles. The molecule has 0 bridgehead atoms. The Morgan fingerprint density at radius 3 is 2.55 bits per heavy atom. The number of aryl methyl sites for hydroxylation is 2. The Kier molecular flexibility index (Phi) is 6.46. The number of aromatic nitrogens is 2. The maximum atomic E-state index is 13.2. The first-order chi connectivity index (χ1) is 14.9. The van der Waals surface area contributed by atoms with Crippen molar-refractivity contribution in [3.05, 3.63) is 52.8 Å². The standard InChI is InChI=1S/C24H34N4O3/c1-18-21(19(2)26(3)25-18)9-10-23(29)28-12-11-24(30,20-7-5-4-6-8-20)22(17-28)27-13-15-31-16-14-27/h4-8,22,30H,9-17H2,1-3H3/t22-,24+/m1/s1. The van der Waals surface area contributed by atoms with Gasteiger partial charge in [0.05, 0.1) is 24.9 Å². The summed E-state index contributed by atoms with van der Waals surface area (Å²) in [6.07, 6.45) is 1.70. The Labute approximate surface area is 184 Å². The van der Waals surface area contributed by atoms with Gasteiger partial charge in [0.25, 0.3) is 0 Å². The predicted molar refractivity (Wildman–Crippen MR) is 119 cm³/mol. The minimum atomic E-state index is -0.966. The normalized spacial score (nSPS) is 25.0. The summed E-state index contributed by atoms with van der Waals surface area (Å²) in [6, 6.07) is 9.77. The van der Waals surface area contributed by atoms with Gasteiger partial charge < -0.3 is 14.7 Å². The quantitative estimate of drug-likeness (QED) is 0.789. The second-order valence-corrected chi connectivity index (χ2v) is 8.82. The molecule has 0 radical (unpaired) electrons. The van der Waals surface area contributed by atoms with Gasteiger partial charge in [0.2, 0.25) is 5.91 Å². The van der Waals surface area contributed by atoms with E-state index >= 15 is 0 Å². The maximum absolute atomic E-state index is 13.2. The Morgan fingerprint density at radius 2 is 1.90 bits per heavy atom. The Hall–Kier alpha value is -2.22. The molecule has 4 rings (SSSR count). The fourth-order valence-electron chi connectivity index (χ4n) is 5.09. The van der Waals surface area contributed by atoms with Gasteiger partial charge in [-0.3, -0.25) is 14.4 Å². The fraction of sp³-hybridized carbons (Fsp3) is 0.583. The molecule has 2 aliphatic rings. The summed E-state index contributed by atoms with van der Waals surface area (Å²) in [5.74, 6) is 0.149. The largest absolute Gasteiger partial charge is 0.383 e. The van der Waals surface area contributed by atoms with Crippen LogP contribution in [0.15, 0.2) is 30.3 Å². The summed E-state index contributed by atoms with van der Waals surface area (Å²) < 4.78 is 7.42. The molecule has 2 aromatic rings. The van der Waals surface area contributed by atoms with Crippen molar-refractivity contribution in [2.24, 2.45) is 7.05 Å². The second kappa shape index (κ2) is 9.10. The first kappa shape index (κ1) is 22.0. The minimum Gasteiger partial charge on any atom is -0.383 e. The Balaban J connectivity index is 1.50. The summed E-state index contributed by atoms with van der Waals surface area (Å²) in [7, 11) is 1.94. The van der Waals surface area contributed by atoms with Crippen LogP contribution < -0.4 is 0 Å². The van der Waals surface area contributed by atoms with Gasteiger partial charge in [-0.15, -0.1) is 0 Å². The average molecular weight is 427 g/mol. The van der Waals surface area contributed by atoms with E-state index in [2.05, 4.69) is 16.9 Å². The lowest BCUT2D eigenvalue weighted by molar-refractivity contribution is -0.147. The van der Waals surface area contributed by atoms with E-state index in [1.807, 2.05) is 53.9 Å². The van der Waals surface area contributed by atoms with Crippen LogP contribution in [0.4, 0.5) is 0 Å². The van der Waals surface area contributed by atoms with Gasteiger partial charge in [-0.25, -0.2) is 0 Å². The third kappa shape index (κ3) is 4.40. The van der Waals surface area contributed by atoms with Gasteiger partial charge in [0, 0.05) is 45.3 Å². The number of ether oxygens (including phenoxy) is 1. The second-order valence-electron chi connectivity index (χ2n) is 8.82. The van der Waals surface area contributed by atoms with E-state index < -0.39 is 5.60 Å². The first-order valence-corrected chi connectivity index (χ1v) is 11.3. The van der Waals surface area contributed by atoms with Crippen LogP contribution in [0.1, 0.15) is 35.4 Å². The fourth-order valence-corrected chi connectivity index (χ4v) is 5.09. The summed E-state index contributed by atoms with van der Waals surface area (Å²) in [5, 5.41) is 16.3. The number of hydrogen-bond acceptors (Lipinski definition) is 5. The molecular weight excluding hydrogens is 392 g/mol. The van der Waals surface area contributed by atoms with Crippen molar-refractivity contribution in [2.45, 2.75) is 44.8 Å². The van der Waals surface area contributed by atoms with Crippen molar-refractivity contribution >= 4 is 5.91 Å². The summed E-state index contributed by atoms with van der Waals surface area (Å²) in [4.78, 5) is 17.4. The van der Waals surface area contributed by atoms with Gasteiger partial charge in [-0.2, -0.15) is 5.10 Å². The average Bonchev–Trinajstić information content (AvgIpc) is 3.04. The van der Waals surface area contributed by atoms with Crippen LogP contribution >= 0.6 is 0 Å². The third-order valence-corrected chi connectivity index (χ3v) is 7.07. The highest BCUT2D eigenvalue weighted by Crippen LogP contribution is 2.36. The van der Waals surface area contributed by atoms with Crippen LogP contribution in [0.5, 0.6) is 0 Å². The Bertz CT molecular complexity index is 907. The molecule has 0 aliphatic carbocycles. The number of carbonyl (C=O) groups is 1. The van der Waals surface area contributed by atoms with E-state index in [-0.39, 0.29) is 11.9 Å². The molecule has 168 valence electrons. The lowest BCUT2D eigenvalue weighted by Crippen LogP contribution is -2.63. The number of rotatable bonds is 5. The molecule has 31 heavy (non-hydrogen) atoms.